The van der Waals surface area contributed by atoms with Gasteiger partial charge in [0.1, 0.15) is 0 Å². The van der Waals surface area contributed by atoms with Crippen LogP contribution in [0.15, 0.2) is 30.3 Å². The van der Waals surface area contributed by atoms with Crippen LogP contribution >= 0.6 is 0 Å². The van der Waals surface area contributed by atoms with E-state index >= 15 is 0 Å². The molecule has 0 saturated carbocycles. The number of rotatable bonds is 1. The summed E-state index contributed by atoms with van der Waals surface area (Å²) in [7, 11) is 0. The third-order valence-corrected chi connectivity index (χ3v) is 2.90. The van der Waals surface area contributed by atoms with Gasteiger partial charge < -0.3 is 4.74 Å². The van der Waals surface area contributed by atoms with Crippen LogP contribution in [-0.2, 0) is 10.2 Å². The predicted molar refractivity (Wildman–Crippen MR) is 53.8 cm³/mol. The van der Waals surface area contributed by atoms with E-state index in [1.807, 2.05) is 0 Å². The van der Waals surface area contributed by atoms with Gasteiger partial charge in [0.05, 0.1) is 12.7 Å². The van der Waals surface area contributed by atoms with Crippen molar-refractivity contribution < 1.29 is 4.74 Å². The first kappa shape index (κ1) is 8.76. The smallest absolute Gasteiger partial charge is 0.0564 e. The highest BCUT2D eigenvalue weighted by molar-refractivity contribution is 5.25. The summed E-state index contributed by atoms with van der Waals surface area (Å²) < 4.78 is 5.62. The fraction of sp³-hybridized carbons (Fsp3) is 0.500. The molecule has 0 amide bonds. The van der Waals surface area contributed by atoms with E-state index in [-0.39, 0.29) is 5.41 Å². The fourth-order valence-electron chi connectivity index (χ4n) is 2.12. The lowest BCUT2D eigenvalue weighted by atomic mass is 9.81. The van der Waals surface area contributed by atoms with Crippen molar-refractivity contribution in [1.29, 1.82) is 0 Å². The maximum atomic E-state index is 5.62. The maximum Gasteiger partial charge on any atom is 0.0564 e. The topological polar surface area (TPSA) is 9.23 Å². The lowest BCUT2D eigenvalue weighted by Crippen LogP contribution is -2.21. The van der Waals surface area contributed by atoms with E-state index in [0.717, 1.165) is 13.0 Å². The van der Waals surface area contributed by atoms with Gasteiger partial charge in [-0.2, -0.15) is 0 Å². The molecule has 1 saturated heterocycles. The van der Waals surface area contributed by atoms with Gasteiger partial charge in [-0.15, -0.1) is 0 Å². The first-order chi connectivity index (χ1) is 6.21. The van der Waals surface area contributed by atoms with Crippen molar-refractivity contribution >= 4 is 0 Å². The van der Waals surface area contributed by atoms with Crippen molar-refractivity contribution in [2.45, 2.75) is 31.8 Å². The summed E-state index contributed by atoms with van der Waals surface area (Å²) in [6.45, 7) is 5.29. The molecule has 1 aromatic rings. The van der Waals surface area contributed by atoms with Crippen LogP contribution in [-0.4, -0.2) is 12.7 Å². The highest BCUT2D eigenvalue weighted by atomic mass is 16.5. The number of ether oxygens (including phenoxy) is 1. The average molecular weight is 176 g/mol. The molecule has 0 spiro atoms. The Morgan fingerprint density at radius 1 is 1.31 bits per heavy atom. The van der Waals surface area contributed by atoms with Crippen molar-refractivity contribution in [1.82, 2.24) is 0 Å². The molecule has 1 fully saturated rings. The van der Waals surface area contributed by atoms with Gasteiger partial charge in [-0.1, -0.05) is 37.3 Å². The summed E-state index contributed by atoms with van der Waals surface area (Å²) >= 11 is 0. The molecule has 1 aromatic carbocycles. The Bertz CT molecular complexity index is 280. The van der Waals surface area contributed by atoms with Crippen LogP contribution in [0, 0.1) is 0 Å². The molecule has 1 aliphatic rings. The second-order valence-electron chi connectivity index (χ2n) is 4.25. The molecule has 1 heteroatoms. The minimum absolute atomic E-state index is 0.237. The monoisotopic (exact) mass is 176 g/mol. The summed E-state index contributed by atoms with van der Waals surface area (Å²) in [5.74, 6) is 0. The first-order valence-corrected chi connectivity index (χ1v) is 4.88. The molecule has 70 valence electrons. The zero-order valence-electron chi connectivity index (χ0n) is 8.29. The van der Waals surface area contributed by atoms with Crippen LogP contribution in [0.1, 0.15) is 25.8 Å². The molecule has 1 aliphatic heterocycles. The number of hydrogen-bond acceptors (Lipinski definition) is 1. The van der Waals surface area contributed by atoms with E-state index in [4.69, 9.17) is 4.74 Å². The molecule has 0 radical (unpaired) electrons. The SMILES string of the molecule is C[C@H]1C[C@@](C)(c2ccccc2)CO1. The van der Waals surface area contributed by atoms with Crippen LogP contribution in [0.5, 0.6) is 0 Å². The Balaban J connectivity index is 2.26. The summed E-state index contributed by atoms with van der Waals surface area (Å²) in [6.07, 6.45) is 1.54. The normalized spacial score (nSPS) is 33.5. The lowest BCUT2D eigenvalue weighted by molar-refractivity contribution is 0.118. The van der Waals surface area contributed by atoms with Crippen molar-refractivity contribution in [3.8, 4) is 0 Å². The van der Waals surface area contributed by atoms with E-state index in [9.17, 15) is 0 Å². The van der Waals surface area contributed by atoms with Crippen LogP contribution in [0.2, 0.25) is 0 Å². The van der Waals surface area contributed by atoms with E-state index in [1.54, 1.807) is 0 Å². The van der Waals surface area contributed by atoms with Crippen LogP contribution in [0.3, 0.4) is 0 Å². The summed E-state index contributed by atoms with van der Waals surface area (Å²) in [5.41, 5.74) is 1.64. The second-order valence-corrected chi connectivity index (χ2v) is 4.25. The largest absolute Gasteiger partial charge is 0.378 e. The van der Waals surface area contributed by atoms with Gasteiger partial charge in [0.25, 0.3) is 0 Å². The van der Waals surface area contributed by atoms with E-state index in [2.05, 4.69) is 44.2 Å². The Labute approximate surface area is 79.7 Å². The first-order valence-electron chi connectivity index (χ1n) is 4.88. The van der Waals surface area contributed by atoms with Gasteiger partial charge in [0.15, 0.2) is 0 Å². The van der Waals surface area contributed by atoms with Crippen molar-refractivity contribution in [3.05, 3.63) is 35.9 Å². The zero-order valence-corrected chi connectivity index (χ0v) is 8.29. The molecular formula is C12H16O. The maximum absolute atomic E-state index is 5.62. The Morgan fingerprint density at radius 2 is 2.00 bits per heavy atom. The summed E-state index contributed by atoms with van der Waals surface area (Å²) in [4.78, 5) is 0. The van der Waals surface area contributed by atoms with E-state index in [0.29, 0.717) is 6.10 Å². The van der Waals surface area contributed by atoms with Crippen molar-refractivity contribution in [3.63, 3.8) is 0 Å². The zero-order chi connectivity index (χ0) is 9.31. The van der Waals surface area contributed by atoms with Crippen molar-refractivity contribution in [2.75, 3.05) is 6.61 Å². The third-order valence-electron chi connectivity index (χ3n) is 2.90. The third kappa shape index (κ3) is 1.61. The molecule has 2 rings (SSSR count). The van der Waals surface area contributed by atoms with Gasteiger partial charge in [0.2, 0.25) is 0 Å². The molecule has 2 atom stereocenters. The van der Waals surface area contributed by atoms with Gasteiger partial charge in [0, 0.05) is 5.41 Å². The van der Waals surface area contributed by atoms with Gasteiger partial charge in [-0.3, -0.25) is 0 Å². The highest BCUT2D eigenvalue weighted by Gasteiger charge is 2.35. The molecule has 1 nitrogen and oxygen atoms in total. The molecule has 13 heavy (non-hydrogen) atoms. The molecular weight excluding hydrogens is 160 g/mol. The molecule has 0 unspecified atom stereocenters. The van der Waals surface area contributed by atoms with Crippen LogP contribution < -0.4 is 0 Å². The Morgan fingerprint density at radius 3 is 2.54 bits per heavy atom. The minimum Gasteiger partial charge on any atom is -0.378 e. The fourth-order valence-corrected chi connectivity index (χ4v) is 2.12. The molecule has 0 N–H and O–H groups in total. The molecule has 0 aromatic heterocycles. The molecule has 0 bridgehead atoms. The molecule has 0 aliphatic carbocycles. The van der Waals surface area contributed by atoms with Crippen LogP contribution in [0.4, 0.5) is 0 Å². The highest BCUT2D eigenvalue weighted by Crippen LogP contribution is 2.35. The number of benzene rings is 1. The van der Waals surface area contributed by atoms with Gasteiger partial charge in [-0.25, -0.2) is 0 Å². The number of hydrogen-bond donors (Lipinski definition) is 0. The summed E-state index contributed by atoms with van der Waals surface area (Å²) in [6, 6.07) is 10.7. The van der Waals surface area contributed by atoms with Gasteiger partial charge >= 0.3 is 0 Å². The standard InChI is InChI=1S/C12H16O/c1-10-8-12(2,9-13-10)11-6-4-3-5-7-11/h3-7,10H,8-9H2,1-2H3/t10-,12+/m0/s1. The average Bonchev–Trinajstić information content (AvgIpc) is 2.49. The minimum atomic E-state index is 0.237. The Kier molecular flexibility index (Phi) is 2.12. The van der Waals surface area contributed by atoms with Crippen LogP contribution in [0.25, 0.3) is 0 Å². The van der Waals surface area contributed by atoms with E-state index < -0.39 is 0 Å². The lowest BCUT2D eigenvalue weighted by Gasteiger charge is -2.22. The summed E-state index contributed by atoms with van der Waals surface area (Å²) in [5, 5.41) is 0. The molecule has 1 heterocycles. The van der Waals surface area contributed by atoms with Gasteiger partial charge in [-0.05, 0) is 18.9 Å². The predicted octanol–water partition coefficient (Wildman–Crippen LogP) is 2.75. The van der Waals surface area contributed by atoms with E-state index in [1.165, 1.54) is 5.56 Å². The Hall–Kier alpha value is -0.820. The van der Waals surface area contributed by atoms with Crippen molar-refractivity contribution in [2.24, 2.45) is 0 Å². The quantitative estimate of drug-likeness (QED) is 0.639. The second kappa shape index (κ2) is 3.15.